The molecule has 0 radical (unpaired) electrons. The van der Waals surface area contributed by atoms with Gasteiger partial charge in [-0.15, -0.1) is 0 Å². The maximum absolute atomic E-state index is 12.8. The zero-order valence-electron chi connectivity index (χ0n) is 12.3. The molecule has 1 aromatic rings. The Morgan fingerprint density at radius 1 is 1.33 bits per heavy atom. The van der Waals surface area contributed by atoms with E-state index < -0.39 is 0 Å². The second-order valence-electron chi connectivity index (χ2n) is 5.47. The molecule has 1 aliphatic rings. The Morgan fingerprint density at radius 2 is 2.05 bits per heavy atom. The van der Waals surface area contributed by atoms with Crippen LogP contribution in [0.4, 0.5) is 4.39 Å². The summed E-state index contributed by atoms with van der Waals surface area (Å²) in [5.41, 5.74) is 0.991. The Hall–Kier alpha value is -1.91. The number of piperidine rings is 1. The van der Waals surface area contributed by atoms with Crippen LogP contribution in [0.15, 0.2) is 24.3 Å². The highest BCUT2D eigenvalue weighted by molar-refractivity contribution is 5.80. The fourth-order valence-electron chi connectivity index (χ4n) is 2.60. The number of amides is 2. The number of benzene rings is 1. The second-order valence-corrected chi connectivity index (χ2v) is 5.47. The van der Waals surface area contributed by atoms with Crippen LogP contribution >= 0.6 is 0 Å². The first-order valence-corrected chi connectivity index (χ1v) is 7.34. The third kappa shape index (κ3) is 4.55. The standard InChI is InChI=1S/C16H21FN2O2/c1-12(20)19-10-2-3-14(11-19)16(21)18-9-8-13-4-6-15(17)7-5-13/h4-7,14H,2-3,8-11H2,1H3,(H,18,21). The van der Waals surface area contributed by atoms with E-state index in [1.165, 1.54) is 19.1 Å². The van der Waals surface area contributed by atoms with Gasteiger partial charge in [0, 0.05) is 26.6 Å². The summed E-state index contributed by atoms with van der Waals surface area (Å²) in [6.07, 6.45) is 2.37. The van der Waals surface area contributed by atoms with Crippen molar-refractivity contribution in [2.45, 2.75) is 26.2 Å². The first kappa shape index (κ1) is 15.5. The Balaban J connectivity index is 1.76. The smallest absolute Gasteiger partial charge is 0.224 e. The van der Waals surface area contributed by atoms with Crippen LogP contribution in [0.1, 0.15) is 25.3 Å². The number of carbonyl (C=O) groups is 2. The zero-order valence-corrected chi connectivity index (χ0v) is 12.3. The molecule has 1 aliphatic heterocycles. The van der Waals surface area contributed by atoms with E-state index in [4.69, 9.17) is 0 Å². The molecule has 114 valence electrons. The maximum Gasteiger partial charge on any atom is 0.224 e. The van der Waals surface area contributed by atoms with E-state index in [0.717, 1.165) is 24.9 Å². The molecule has 4 nitrogen and oxygen atoms in total. The predicted molar refractivity (Wildman–Crippen MR) is 78.1 cm³/mol. The van der Waals surface area contributed by atoms with Crippen molar-refractivity contribution in [1.29, 1.82) is 0 Å². The topological polar surface area (TPSA) is 49.4 Å². The molecule has 1 N–H and O–H groups in total. The second kappa shape index (κ2) is 7.20. The summed E-state index contributed by atoms with van der Waals surface area (Å²) in [6.45, 7) is 3.32. The SMILES string of the molecule is CC(=O)N1CCCC(C(=O)NCCc2ccc(F)cc2)C1. The van der Waals surface area contributed by atoms with E-state index in [9.17, 15) is 14.0 Å². The van der Waals surface area contributed by atoms with Crippen LogP contribution in [-0.2, 0) is 16.0 Å². The molecule has 1 saturated heterocycles. The highest BCUT2D eigenvalue weighted by Gasteiger charge is 2.26. The van der Waals surface area contributed by atoms with Crippen LogP contribution in [0.25, 0.3) is 0 Å². The van der Waals surface area contributed by atoms with Gasteiger partial charge in [-0.2, -0.15) is 0 Å². The van der Waals surface area contributed by atoms with Gasteiger partial charge in [-0.1, -0.05) is 12.1 Å². The van der Waals surface area contributed by atoms with Gasteiger partial charge in [-0.05, 0) is 37.0 Å². The molecule has 0 aromatic heterocycles. The Bertz CT molecular complexity index is 502. The van der Waals surface area contributed by atoms with E-state index in [-0.39, 0.29) is 23.5 Å². The van der Waals surface area contributed by atoms with E-state index in [2.05, 4.69) is 5.32 Å². The van der Waals surface area contributed by atoms with Crippen molar-refractivity contribution >= 4 is 11.8 Å². The van der Waals surface area contributed by atoms with E-state index >= 15 is 0 Å². The van der Waals surface area contributed by atoms with Gasteiger partial charge < -0.3 is 10.2 Å². The Kier molecular flexibility index (Phi) is 5.31. The molecule has 1 heterocycles. The van der Waals surface area contributed by atoms with Crippen molar-refractivity contribution in [3.8, 4) is 0 Å². The van der Waals surface area contributed by atoms with Crippen LogP contribution in [-0.4, -0.2) is 36.3 Å². The van der Waals surface area contributed by atoms with Crippen molar-refractivity contribution in [2.75, 3.05) is 19.6 Å². The molecular weight excluding hydrogens is 271 g/mol. The normalized spacial score (nSPS) is 18.4. The number of hydrogen-bond donors (Lipinski definition) is 1. The molecule has 1 atom stereocenters. The average molecular weight is 292 g/mol. The van der Waals surface area contributed by atoms with Crippen LogP contribution < -0.4 is 5.32 Å². The van der Waals surface area contributed by atoms with Gasteiger partial charge in [-0.3, -0.25) is 9.59 Å². The first-order valence-electron chi connectivity index (χ1n) is 7.34. The molecule has 0 bridgehead atoms. The van der Waals surface area contributed by atoms with Gasteiger partial charge in [0.25, 0.3) is 0 Å². The van der Waals surface area contributed by atoms with Gasteiger partial charge in [0.2, 0.25) is 11.8 Å². The summed E-state index contributed by atoms with van der Waals surface area (Å²) in [5, 5.41) is 2.90. The lowest BCUT2D eigenvalue weighted by Gasteiger charge is -2.31. The molecular formula is C16H21FN2O2. The monoisotopic (exact) mass is 292 g/mol. The highest BCUT2D eigenvalue weighted by atomic mass is 19.1. The molecule has 5 heteroatoms. The molecule has 21 heavy (non-hydrogen) atoms. The zero-order chi connectivity index (χ0) is 15.2. The van der Waals surface area contributed by atoms with E-state index in [0.29, 0.717) is 19.5 Å². The summed E-state index contributed by atoms with van der Waals surface area (Å²) >= 11 is 0. The number of likely N-dealkylation sites (tertiary alicyclic amines) is 1. The maximum atomic E-state index is 12.8. The summed E-state index contributed by atoms with van der Waals surface area (Å²) < 4.78 is 12.8. The number of carbonyl (C=O) groups excluding carboxylic acids is 2. The molecule has 2 amide bonds. The lowest BCUT2D eigenvalue weighted by Crippen LogP contribution is -2.45. The van der Waals surface area contributed by atoms with Gasteiger partial charge in [-0.25, -0.2) is 4.39 Å². The molecule has 1 aromatic carbocycles. The van der Waals surface area contributed by atoms with Crippen LogP contribution in [0.5, 0.6) is 0 Å². The third-order valence-corrected chi connectivity index (χ3v) is 3.86. The molecule has 1 unspecified atom stereocenters. The Morgan fingerprint density at radius 3 is 2.71 bits per heavy atom. The van der Waals surface area contributed by atoms with Crippen molar-refractivity contribution in [3.05, 3.63) is 35.6 Å². The third-order valence-electron chi connectivity index (χ3n) is 3.86. The van der Waals surface area contributed by atoms with Gasteiger partial charge in [0.1, 0.15) is 5.82 Å². The minimum Gasteiger partial charge on any atom is -0.355 e. The number of nitrogens with one attached hydrogen (secondary N) is 1. The van der Waals surface area contributed by atoms with Gasteiger partial charge in [0.05, 0.1) is 5.92 Å². The predicted octanol–water partition coefficient (Wildman–Crippen LogP) is 1.74. The summed E-state index contributed by atoms with van der Waals surface area (Å²) in [4.78, 5) is 25.2. The lowest BCUT2D eigenvalue weighted by atomic mass is 9.97. The van der Waals surface area contributed by atoms with Crippen molar-refractivity contribution < 1.29 is 14.0 Å². The highest BCUT2D eigenvalue weighted by Crippen LogP contribution is 2.16. The average Bonchev–Trinajstić information content (AvgIpc) is 2.49. The molecule has 2 rings (SSSR count). The first-order chi connectivity index (χ1) is 10.1. The summed E-state index contributed by atoms with van der Waals surface area (Å²) in [7, 11) is 0. The molecule has 1 fully saturated rings. The van der Waals surface area contributed by atoms with Crippen molar-refractivity contribution in [1.82, 2.24) is 10.2 Å². The largest absolute Gasteiger partial charge is 0.355 e. The summed E-state index contributed by atoms with van der Waals surface area (Å²) in [5.74, 6) is -0.341. The quantitative estimate of drug-likeness (QED) is 0.919. The fraction of sp³-hybridized carbons (Fsp3) is 0.500. The molecule has 0 spiro atoms. The van der Waals surface area contributed by atoms with Gasteiger partial charge in [0.15, 0.2) is 0 Å². The molecule has 0 saturated carbocycles. The number of hydrogen-bond acceptors (Lipinski definition) is 2. The lowest BCUT2D eigenvalue weighted by molar-refractivity contribution is -0.133. The number of halogens is 1. The number of nitrogens with zero attached hydrogens (tertiary/aromatic N) is 1. The van der Waals surface area contributed by atoms with Crippen molar-refractivity contribution in [3.63, 3.8) is 0 Å². The minimum atomic E-state index is -0.255. The summed E-state index contributed by atoms with van der Waals surface area (Å²) in [6, 6.07) is 6.28. The van der Waals surface area contributed by atoms with E-state index in [1.807, 2.05) is 0 Å². The van der Waals surface area contributed by atoms with Crippen LogP contribution in [0.2, 0.25) is 0 Å². The molecule has 0 aliphatic carbocycles. The van der Waals surface area contributed by atoms with Crippen molar-refractivity contribution in [2.24, 2.45) is 5.92 Å². The minimum absolute atomic E-state index is 0.00283. The van der Waals surface area contributed by atoms with Gasteiger partial charge >= 0.3 is 0 Å². The fourth-order valence-corrected chi connectivity index (χ4v) is 2.60. The Labute approximate surface area is 124 Å². The van der Waals surface area contributed by atoms with Crippen LogP contribution in [0, 0.1) is 11.7 Å². The van der Waals surface area contributed by atoms with Crippen LogP contribution in [0.3, 0.4) is 0 Å². The number of rotatable bonds is 4. The van der Waals surface area contributed by atoms with E-state index in [1.54, 1.807) is 17.0 Å².